The van der Waals surface area contributed by atoms with E-state index in [9.17, 15) is 104 Å². The summed E-state index contributed by atoms with van der Waals surface area (Å²) < 4.78 is 84.1. The monoisotopic (exact) mass is 1560 g/mol. The highest BCUT2D eigenvalue weighted by atomic mass is 19.4. The molecule has 0 radical (unpaired) electrons. The summed E-state index contributed by atoms with van der Waals surface area (Å²) in [7, 11) is 0. The van der Waals surface area contributed by atoms with Gasteiger partial charge in [-0.2, -0.15) is 26.3 Å². The van der Waals surface area contributed by atoms with Crippen LogP contribution in [0.1, 0.15) is 112 Å². The van der Waals surface area contributed by atoms with Gasteiger partial charge < -0.3 is 111 Å². The van der Waals surface area contributed by atoms with Gasteiger partial charge in [0.15, 0.2) is 24.2 Å². The number of primary amides is 1. The number of rotatable bonds is 23. The molecule has 43 heteroatoms. The third-order valence-corrected chi connectivity index (χ3v) is 15.6. The number of benzene rings is 2. The minimum atomic E-state index is -5.08. The first-order valence-electron chi connectivity index (χ1n) is 33.4. The highest BCUT2D eigenvalue weighted by Gasteiger charge is 2.45. The van der Waals surface area contributed by atoms with Gasteiger partial charge in [0.25, 0.3) is 0 Å². The van der Waals surface area contributed by atoms with Crippen LogP contribution in [0.2, 0.25) is 0 Å². The molecule has 0 spiro atoms. The van der Waals surface area contributed by atoms with E-state index in [1.165, 1.54) is 62.4 Å². The molecule has 2 unspecified atom stereocenters. The molecule has 0 aliphatic carbocycles. The quantitative estimate of drug-likeness (QED) is 0.0167. The number of nitrogens with zero attached hydrogens (tertiary/aromatic N) is 1. The normalized spacial score (nSPS) is 22.4. The number of carboxylic acids is 2. The first kappa shape index (κ1) is 95.6. The number of ether oxygens (including phenoxy) is 1. The number of nitrogens with two attached hydrogens (primary N) is 4. The number of aliphatic imine (C=N–C) groups is 1. The third kappa shape index (κ3) is 33.2. The number of esters is 1. The van der Waals surface area contributed by atoms with Gasteiger partial charge in [-0.25, -0.2) is 18.8 Å². The number of alkyl halides is 6. The zero-order valence-corrected chi connectivity index (χ0v) is 60.2. The van der Waals surface area contributed by atoms with Crippen LogP contribution in [0, 0.1) is 29.5 Å². The molecule has 1 fully saturated rings. The predicted octanol–water partition coefficient (Wildman–Crippen LogP) is -3.83. The summed E-state index contributed by atoms with van der Waals surface area (Å²) in [5.41, 5.74) is 22.6. The molecule has 11 amide bonds. The first-order chi connectivity index (χ1) is 50.0. The molecule has 1 heterocycles. The fourth-order valence-electron chi connectivity index (χ4n) is 9.63. The summed E-state index contributed by atoms with van der Waals surface area (Å²) in [6.45, 7) is 11.4. The lowest BCUT2D eigenvalue weighted by atomic mass is 9.95. The molecule has 3 rings (SSSR count). The van der Waals surface area contributed by atoms with Crippen LogP contribution >= 0.6 is 0 Å². The largest absolute Gasteiger partial charge is 0.490 e. The van der Waals surface area contributed by atoms with Gasteiger partial charge in [0.05, 0.1) is 31.4 Å². The van der Waals surface area contributed by atoms with Crippen molar-refractivity contribution in [1.82, 2.24) is 53.2 Å². The second-order valence-electron chi connectivity index (χ2n) is 25.8. The zero-order chi connectivity index (χ0) is 83.0. The van der Waals surface area contributed by atoms with Crippen molar-refractivity contribution in [3.63, 3.8) is 0 Å². The molecule has 1 aliphatic heterocycles. The second-order valence-corrected chi connectivity index (χ2v) is 25.8. The van der Waals surface area contributed by atoms with E-state index < -0.39 is 223 Å². The molecular formula is C65H96F7N15O21. The number of carboxylic acid groups (broad SMARTS) is 2. The van der Waals surface area contributed by atoms with Gasteiger partial charge in [-0.1, -0.05) is 110 Å². The maximum absolute atomic E-state index is 15.4. The number of amides is 11. The minimum Gasteiger partial charge on any atom is -0.475 e. The fourth-order valence-corrected chi connectivity index (χ4v) is 9.63. The van der Waals surface area contributed by atoms with Crippen LogP contribution in [0.5, 0.6) is 0 Å². The Morgan fingerprint density at radius 3 is 1.62 bits per heavy atom. The summed E-state index contributed by atoms with van der Waals surface area (Å²) in [6, 6.07) is -6.12. The topological polar surface area (TPSA) is 606 Å². The number of hydrogen-bond donors (Lipinski definition) is 20. The molecule has 0 bridgehead atoms. The van der Waals surface area contributed by atoms with E-state index in [1.54, 1.807) is 41.5 Å². The number of nitrogens with one attached hydrogen (secondary N) is 10. The molecule has 1 aliphatic rings. The van der Waals surface area contributed by atoms with Crippen LogP contribution in [-0.4, -0.2) is 230 Å². The van der Waals surface area contributed by atoms with Crippen molar-refractivity contribution in [2.75, 3.05) is 19.7 Å². The number of cyclic esters (lactones) is 1. The molecule has 0 aromatic heterocycles. The standard InChI is InChI=1S/C61H94FN15O17.2C2HF3O2/c1-10-31(8)42-56(89)75-43(32(9)79)55(88)68-26-41(80)73-45(48(82)50(64)83)58(91)72-40(27-78)60(93)94-49(33-17-12-11-13-18-33)46(77-54(87)39(24-29(4)5)70-51(84)36(63)25-34-19-14-15-20-35(34)62)59(92)76-44(47(81)30(6)7)57(90)71-38(23-28(2)3)53(86)69-37(52(85)74-42)21-16-22-67-61(65)66;2*3-2(4,5)1(6)7/h11-15,17-20,28-32,36-40,42-49,78-79,81-82H,10,16,21-27,63H2,1-9H3,(H2,64,83)(H,68,88)(H,69,86)(H,70,84)(H,71,90)(H,72,91)(H,73,80)(H,74,85)(H,75,89)(H,76,92)(H,77,87)(H4,65,66,67);2*(H,6,7)/t31-,32-,36+,37+,38-,39-,40-,42?,43?,44-,45-,46-,47+,48-,49+;;/m0../s1. The number of carbonyl (C=O) groups excluding carboxylic acids is 12. The minimum absolute atomic E-state index is 0.0301. The molecule has 0 saturated carbocycles. The average Bonchev–Trinajstić information content (AvgIpc) is 0.827. The van der Waals surface area contributed by atoms with Gasteiger partial charge in [-0.05, 0) is 79.9 Å². The highest BCUT2D eigenvalue weighted by Crippen LogP contribution is 2.25. The van der Waals surface area contributed by atoms with Crippen LogP contribution < -0.4 is 76.1 Å². The van der Waals surface area contributed by atoms with E-state index in [-0.39, 0.29) is 62.2 Å². The maximum Gasteiger partial charge on any atom is 0.490 e. The summed E-state index contributed by atoms with van der Waals surface area (Å²) in [6.07, 6.45) is -19.0. The lowest BCUT2D eigenvalue weighted by Crippen LogP contribution is -2.64. The Morgan fingerprint density at radius 2 is 1.13 bits per heavy atom. The predicted molar refractivity (Wildman–Crippen MR) is 364 cm³/mol. The molecule has 2 aromatic rings. The third-order valence-electron chi connectivity index (χ3n) is 15.6. The van der Waals surface area contributed by atoms with E-state index in [4.69, 9.17) is 47.5 Å². The smallest absolute Gasteiger partial charge is 0.475 e. The van der Waals surface area contributed by atoms with Gasteiger partial charge in [0.2, 0.25) is 65.0 Å². The lowest BCUT2D eigenvalue weighted by Gasteiger charge is -2.33. The van der Waals surface area contributed by atoms with E-state index in [2.05, 4.69) is 47.5 Å². The molecule has 15 atom stereocenters. The van der Waals surface area contributed by atoms with Crippen LogP contribution in [-0.2, 0) is 78.3 Å². The van der Waals surface area contributed by atoms with Crippen molar-refractivity contribution < 1.29 is 133 Å². The van der Waals surface area contributed by atoms with Crippen molar-refractivity contribution in [2.45, 2.75) is 198 Å². The first-order valence-corrected chi connectivity index (χ1v) is 33.4. The number of guanidine groups is 1. The van der Waals surface area contributed by atoms with Gasteiger partial charge in [-0.15, -0.1) is 0 Å². The Hall–Kier alpha value is -10.4. The molecule has 1 saturated heterocycles. The number of aliphatic carboxylic acids is 2. The molecule has 36 nitrogen and oxygen atoms in total. The average molecular weight is 1560 g/mol. The van der Waals surface area contributed by atoms with Crippen molar-refractivity contribution in [3.05, 3.63) is 71.5 Å². The SMILES string of the molecule is CC[C@H](C)C1NC(=O)[C@@H](CCCN=C(N)N)NC(=O)[C@H](CC(C)C)NC(=O)[C@H]([C@H](O)C(C)C)NC(=O)[C@@H](NC(=O)[C@H](CC(C)C)NC(=O)[C@H](N)Cc2ccccc2F)[C@@H](c2ccccc2)OC(=O)[C@H](CO)NC(=O)[C@H]([C@H](O)C(N)=O)NC(=O)CNC(=O)C([C@H](C)O)NC1=O.O=C(O)C(F)(F)F.O=C(O)C(F)(F)F. The van der Waals surface area contributed by atoms with Crippen LogP contribution in [0.15, 0.2) is 59.6 Å². The molecule has 2 aromatic carbocycles. The fraction of sp³-hybridized carbons (Fsp3) is 0.585. The summed E-state index contributed by atoms with van der Waals surface area (Å²) in [5.74, 6) is -24.0. The summed E-state index contributed by atoms with van der Waals surface area (Å²) in [4.78, 5) is 192. The number of halogens is 7. The van der Waals surface area contributed by atoms with Crippen LogP contribution in [0.4, 0.5) is 30.7 Å². The Morgan fingerprint density at radius 1 is 0.630 bits per heavy atom. The van der Waals surface area contributed by atoms with Crippen molar-refractivity contribution in [3.8, 4) is 0 Å². The second kappa shape index (κ2) is 45.3. The Bertz CT molecular complexity index is 3400. The molecular weight excluding hydrogens is 1460 g/mol. The van der Waals surface area contributed by atoms with Crippen molar-refractivity contribution >= 4 is 88.8 Å². The van der Waals surface area contributed by atoms with Crippen molar-refractivity contribution in [2.24, 2.45) is 51.6 Å². The number of carbonyl (C=O) groups is 14. The number of hydrogen-bond acceptors (Lipinski definition) is 21. The van der Waals surface area contributed by atoms with Crippen molar-refractivity contribution in [1.29, 1.82) is 0 Å². The van der Waals surface area contributed by atoms with Gasteiger partial charge in [-0.3, -0.25) is 57.7 Å². The molecule has 24 N–H and O–H groups in total. The Labute approximate surface area is 614 Å². The number of aliphatic hydroxyl groups excluding tert-OH is 4. The maximum atomic E-state index is 15.4. The van der Waals surface area contributed by atoms with Gasteiger partial charge >= 0.3 is 30.3 Å². The highest BCUT2D eigenvalue weighted by molar-refractivity contribution is 6.00. The van der Waals surface area contributed by atoms with E-state index in [0.29, 0.717) is 0 Å². The molecule has 606 valence electrons. The van der Waals surface area contributed by atoms with E-state index in [1.807, 2.05) is 10.6 Å². The summed E-state index contributed by atoms with van der Waals surface area (Å²) >= 11 is 0. The van der Waals surface area contributed by atoms with Gasteiger partial charge in [0.1, 0.15) is 54.2 Å². The van der Waals surface area contributed by atoms with E-state index in [0.717, 1.165) is 13.0 Å². The number of aliphatic hydroxyl groups is 4. The van der Waals surface area contributed by atoms with Gasteiger partial charge in [0, 0.05) is 6.54 Å². The Balaban J connectivity index is 0.00000377. The van der Waals surface area contributed by atoms with E-state index >= 15 is 4.79 Å². The van der Waals surface area contributed by atoms with Crippen LogP contribution in [0.25, 0.3) is 0 Å². The van der Waals surface area contributed by atoms with Crippen LogP contribution in [0.3, 0.4) is 0 Å². The Kier molecular flexibility index (Phi) is 40.1. The zero-order valence-electron chi connectivity index (χ0n) is 60.2. The molecule has 108 heavy (non-hydrogen) atoms. The summed E-state index contributed by atoms with van der Waals surface area (Å²) in [5, 5.41) is 82.2. The lowest BCUT2D eigenvalue weighted by molar-refractivity contribution is -0.193.